The molecular formula is C23H29FN2O4S. The van der Waals surface area contributed by atoms with Crippen molar-refractivity contribution in [1.82, 2.24) is 8.61 Å². The van der Waals surface area contributed by atoms with Crippen LogP contribution in [0.1, 0.15) is 48.3 Å². The minimum atomic E-state index is -3.41. The summed E-state index contributed by atoms with van der Waals surface area (Å²) in [5.41, 5.74) is 2.79. The molecule has 6 nitrogen and oxygen atoms in total. The van der Waals surface area contributed by atoms with Crippen LogP contribution in [-0.4, -0.2) is 56.3 Å². The van der Waals surface area contributed by atoms with Crippen molar-refractivity contribution in [3.8, 4) is 0 Å². The summed E-state index contributed by atoms with van der Waals surface area (Å²) in [7, 11) is -2.04. The predicted octanol–water partition coefficient (Wildman–Crippen LogP) is 3.52. The van der Waals surface area contributed by atoms with Gasteiger partial charge in [-0.15, -0.1) is 0 Å². The van der Waals surface area contributed by atoms with Gasteiger partial charge < -0.3 is 4.74 Å². The molecule has 0 bridgehead atoms. The fraction of sp³-hybridized carbons (Fsp3) is 0.522. The lowest BCUT2D eigenvalue weighted by Crippen LogP contribution is -2.45. The molecule has 2 aliphatic heterocycles. The van der Waals surface area contributed by atoms with Gasteiger partial charge in [0.05, 0.1) is 13.5 Å². The van der Waals surface area contributed by atoms with E-state index < -0.39 is 10.2 Å². The monoisotopic (exact) mass is 448 g/mol. The summed E-state index contributed by atoms with van der Waals surface area (Å²) in [5, 5.41) is 1.76. The Balaban J connectivity index is 1.64. The molecule has 2 aromatic rings. The number of carbonyl (C=O) groups is 1. The zero-order valence-electron chi connectivity index (χ0n) is 18.1. The van der Waals surface area contributed by atoms with Crippen molar-refractivity contribution in [2.24, 2.45) is 0 Å². The number of esters is 1. The Bertz CT molecular complexity index is 1090. The van der Waals surface area contributed by atoms with Gasteiger partial charge in [-0.3, -0.25) is 4.79 Å². The van der Waals surface area contributed by atoms with Gasteiger partial charge in [0.25, 0.3) is 10.2 Å². The Kier molecular flexibility index (Phi) is 6.32. The Labute approximate surface area is 183 Å². The second-order valence-corrected chi connectivity index (χ2v) is 10.4. The lowest BCUT2D eigenvalue weighted by molar-refractivity contribution is -0.139. The van der Waals surface area contributed by atoms with E-state index >= 15 is 0 Å². The third kappa shape index (κ3) is 4.33. The van der Waals surface area contributed by atoms with Crippen molar-refractivity contribution in [3.05, 3.63) is 46.8 Å². The quantitative estimate of drug-likeness (QED) is 0.657. The standard InChI is InChI=1S/C23H29FN2O4S/c1-16-18(14-23(27)30-2)13-21(22-15-19(24)5-6-20(16)22)17-7-11-26(12-8-17)31(28,29)25-9-3-4-10-25/h5-6,13,15,17H,3-4,7-12,14H2,1-2H3. The fourth-order valence-corrected chi connectivity index (χ4v) is 6.58. The van der Waals surface area contributed by atoms with Crippen molar-refractivity contribution in [2.45, 2.75) is 44.9 Å². The van der Waals surface area contributed by atoms with E-state index in [0.717, 1.165) is 40.3 Å². The van der Waals surface area contributed by atoms with Crippen molar-refractivity contribution >= 4 is 27.0 Å². The summed E-state index contributed by atoms with van der Waals surface area (Å²) >= 11 is 0. The number of nitrogens with zero attached hydrogens (tertiary/aromatic N) is 2. The third-order valence-electron chi connectivity index (χ3n) is 6.68. The summed E-state index contributed by atoms with van der Waals surface area (Å²) in [5.74, 6) is -0.517. The maximum atomic E-state index is 14.1. The number of halogens is 1. The number of hydrogen-bond acceptors (Lipinski definition) is 4. The van der Waals surface area contributed by atoms with Crippen LogP contribution in [-0.2, 0) is 26.2 Å². The first kappa shape index (κ1) is 22.2. The number of ether oxygens (including phenoxy) is 1. The van der Waals surface area contributed by atoms with E-state index in [-0.39, 0.29) is 24.1 Å². The molecule has 2 aliphatic rings. The van der Waals surface area contributed by atoms with Crippen molar-refractivity contribution in [1.29, 1.82) is 0 Å². The van der Waals surface area contributed by atoms with E-state index in [1.54, 1.807) is 20.7 Å². The molecule has 2 fully saturated rings. The molecule has 0 atom stereocenters. The van der Waals surface area contributed by atoms with E-state index in [2.05, 4.69) is 0 Å². The SMILES string of the molecule is COC(=O)Cc1cc(C2CCN(S(=O)(=O)N3CCCC3)CC2)c2cc(F)ccc2c1C. The molecule has 31 heavy (non-hydrogen) atoms. The van der Waals surface area contributed by atoms with E-state index in [1.165, 1.54) is 13.2 Å². The summed E-state index contributed by atoms with van der Waals surface area (Å²) in [6.07, 6.45) is 3.32. The van der Waals surface area contributed by atoms with Crippen LogP contribution in [0.2, 0.25) is 0 Å². The van der Waals surface area contributed by atoms with Gasteiger partial charge in [-0.2, -0.15) is 17.0 Å². The molecular weight excluding hydrogens is 419 g/mol. The van der Waals surface area contributed by atoms with E-state index in [0.29, 0.717) is 39.0 Å². The summed E-state index contributed by atoms with van der Waals surface area (Å²) in [6.45, 7) is 4.02. The van der Waals surface area contributed by atoms with Crippen molar-refractivity contribution in [2.75, 3.05) is 33.3 Å². The topological polar surface area (TPSA) is 66.9 Å². The van der Waals surface area contributed by atoms with Gasteiger partial charge in [0.1, 0.15) is 5.82 Å². The van der Waals surface area contributed by atoms with E-state index in [9.17, 15) is 17.6 Å². The lowest BCUT2D eigenvalue weighted by atomic mass is 9.83. The third-order valence-corrected chi connectivity index (χ3v) is 8.72. The summed E-state index contributed by atoms with van der Waals surface area (Å²) in [4.78, 5) is 11.9. The van der Waals surface area contributed by atoms with Gasteiger partial charge in [0.2, 0.25) is 0 Å². The van der Waals surface area contributed by atoms with Crippen LogP contribution in [0.15, 0.2) is 24.3 Å². The van der Waals surface area contributed by atoms with Crippen LogP contribution in [0.4, 0.5) is 4.39 Å². The van der Waals surface area contributed by atoms with Gasteiger partial charge in [-0.05, 0) is 78.1 Å². The van der Waals surface area contributed by atoms with Gasteiger partial charge >= 0.3 is 5.97 Å². The first-order chi connectivity index (χ1) is 14.8. The number of piperidine rings is 1. The number of aryl methyl sites for hydroxylation is 1. The number of benzene rings is 2. The van der Waals surface area contributed by atoms with Crippen LogP contribution in [0.3, 0.4) is 0 Å². The maximum Gasteiger partial charge on any atom is 0.309 e. The number of methoxy groups -OCH3 is 1. The molecule has 0 aliphatic carbocycles. The molecule has 2 aromatic carbocycles. The van der Waals surface area contributed by atoms with Crippen LogP contribution >= 0.6 is 0 Å². The average Bonchev–Trinajstić information content (AvgIpc) is 3.31. The number of hydrogen-bond donors (Lipinski definition) is 0. The molecule has 0 saturated carbocycles. The van der Waals surface area contributed by atoms with Crippen LogP contribution in [0.25, 0.3) is 10.8 Å². The molecule has 2 saturated heterocycles. The Morgan fingerprint density at radius 1 is 1.06 bits per heavy atom. The number of carbonyl (C=O) groups excluding carboxylic acids is 1. The maximum absolute atomic E-state index is 14.1. The molecule has 0 radical (unpaired) electrons. The molecule has 0 spiro atoms. The van der Waals surface area contributed by atoms with Gasteiger partial charge in [0.15, 0.2) is 0 Å². The average molecular weight is 449 g/mol. The molecule has 8 heteroatoms. The highest BCUT2D eigenvalue weighted by Crippen LogP contribution is 2.37. The fourth-order valence-electron chi connectivity index (χ4n) is 4.86. The smallest absolute Gasteiger partial charge is 0.309 e. The van der Waals surface area contributed by atoms with E-state index in [4.69, 9.17) is 4.74 Å². The molecule has 2 heterocycles. The largest absolute Gasteiger partial charge is 0.469 e. The first-order valence-corrected chi connectivity index (χ1v) is 12.2. The first-order valence-electron chi connectivity index (χ1n) is 10.8. The van der Waals surface area contributed by atoms with Crippen LogP contribution in [0, 0.1) is 12.7 Å². The highest BCUT2D eigenvalue weighted by molar-refractivity contribution is 7.86. The second-order valence-electron chi connectivity index (χ2n) is 8.48. The highest BCUT2D eigenvalue weighted by atomic mass is 32.2. The normalized spacial score (nSPS) is 19.2. The highest BCUT2D eigenvalue weighted by Gasteiger charge is 2.35. The lowest BCUT2D eigenvalue weighted by Gasteiger charge is -2.34. The molecule has 0 aromatic heterocycles. The van der Waals surface area contributed by atoms with Crippen LogP contribution in [0.5, 0.6) is 0 Å². The minimum absolute atomic E-state index is 0.103. The Morgan fingerprint density at radius 2 is 1.71 bits per heavy atom. The van der Waals surface area contributed by atoms with Crippen molar-refractivity contribution < 1.29 is 22.3 Å². The second kappa shape index (κ2) is 8.84. The summed E-state index contributed by atoms with van der Waals surface area (Å²) in [6, 6.07) is 6.74. The number of fused-ring (bicyclic) bond motifs is 1. The van der Waals surface area contributed by atoms with Crippen LogP contribution < -0.4 is 0 Å². The summed E-state index contributed by atoms with van der Waals surface area (Å²) < 4.78 is 47.9. The van der Waals surface area contributed by atoms with Gasteiger partial charge in [-0.1, -0.05) is 12.1 Å². The minimum Gasteiger partial charge on any atom is -0.469 e. The Morgan fingerprint density at radius 3 is 2.35 bits per heavy atom. The van der Waals surface area contributed by atoms with E-state index in [1.807, 2.05) is 13.0 Å². The molecule has 168 valence electrons. The molecule has 0 N–H and O–H groups in total. The predicted molar refractivity (Wildman–Crippen MR) is 118 cm³/mol. The zero-order valence-corrected chi connectivity index (χ0v) is 18.9. The van der Waals surface area contributed by atoms with Gasteiger partial charge in [0, 0.05) is 26.2 Å². The number of rotatable bonds is 5. The van der Waals surface area contributed by atoms with Crippen molar-refractivity contribution in [3.63, 3.8) is 0 Å². The zero-order chi connectivity index (χ0) is 22.2. The molecule has 4 rings (SSSR count). The molecule has 0 unspecified atom stereocenters. The molecule has 0 amide bonds. The Hall–Kier alpha value is -2.03. The van der Waals surface area contributed by atoms with Gasteiger partial charge in [-0.25, -0.2) is 4.39 Å².